The number of amides is 1. The standard InChI is InChI=1S/C12H13Cl2NO3S/c13-9-2-1-8(11(14)6-9)5-12(16)15-10-3-4-19(17,18)7-10/h1-2,6,10H,3-5,7H2,(H,15,16)/t10-/m0/s1. The first-order chi connectivity index (χ1) is 8.85. The van der Waals surface area contributed by atoms with Crippen molar-refractivity contribution in [2.75, 3.05) is 11.5 Å². The van der Waals surface area contributed by atoms with Gasteiger partial charge in [-0.1, -0.05) is 29.3 Å². The number of benzene rings is 1. The summed E-state index contributed by atoms with van der Waals surface area (Å²) >= 11 is 11.7. The Morgan fingerprint density at radius 3 is 2.68 bits per heavy atom. The van der Waals surface area contributed by atoms with Crippen LogP contribution in [0, 0.1) is 0 Å². The highest BCUT2D eigenvalue weighted by molar-refractivity contribution is 7.91. The molecule has 1 aromatic rings. The average Bonchev–Trinajstić information content (AvgIpc) is 2.62. The van der Waals surface area contributed by atoms with Gasteiger partial charge in [-0.25, -0.2) is 8.42 Å². The molecular formula is C12H13Cl2NO3S. The van der Waals surface area contributed by atoms with Crippen LogP contribution in [0.5, 0.6) is 0 Å². The topological polar surface area (TPSA) is 63.2 Å². The Morgan fingerprint density at radius 1 is 1.37 bits per heavy atom. The van der Waals surface area contributed by atoms with E-state index in [1.165, 1.54) is 0 Å². The minimum Gasteiger partial charge on any atom is -0.352 e. The van der Waals surface area contributed by atoms with Crippen molar-refractivity contribution >= 4 is 38.9 Å². The van der Waals surface area contributed by atoms with Gasteiger partial charge < -0.3 is 5.32 Å². The number of halogens is 2. The SMILES string of the molecule is O=C(Cc1ccc(Cl)cc1Cl)N[C@H]1CCS(=O)(=O)C1. The summed E-state index contributed by atoms with van der Waals surface area (Å²) in [4.78, 5) is 11.8. The second-order valence-corrected chi connectivity index (χ2v) is 7.65. The van der Waals surface area contributed by atoms with Gasteiger partial charge in [0, 0.05) is 16.1 Å². The summed E-state index contributed by atoms with van der Waals surface area (Å²) in [6, 6.07) is 4.64. The van der Waals surface area contributed by atoms with E-state index in [-0.39, 0.29) is 29.9 Å². The number of carbonyl (C=O) groups is 1. The van der Waals surface area contributed by atoms with Crippen molar-refractivity contribution in [3.05, 3.63) is 33.8 Å². The lowest BCUT2D eigenvalue weighted by molar-refractivity contribution is -0.120. The summed E-state index contributed by atoms with van der Waals surface area (Å²) in [6.45, 7) is 0. The fourth-order valence-corrected chi connectivity index (χ4v) is 4.17. The third-order valence-corrected chi connectivity index (χ3v) is 5.32. The maximum atomic E-state index is 11.8. The van der Waals surface area contributed by atoms with Crippen molar-refractivity contribution < 1.29 is 13.2 Å². The highest BCUT2D eigenvalue weighted by Crippen LogP contribution is 2.21. The highest BCUT2D eigenvalue weighted by Gasteiger charge is 2.28. The van der Waals surface area contributed by atoms with Crippen LogP contribution in [-0.4, -0.2) is 31.9 Å². The van der Waals surface area contributed by atoms with Gasteiger partial charge in [-0.15, -0.1) is 0 Å². The molecule has 1 aliphatic rings. The number of hydrogen-bond donors (Lipinski definition) is 1. The van der Waals surface area contributed by atoms with E-state index < -0.39 is 9.84 Å². The molecule has 0 aromatic heterocycles. The van der Waals surface area contributed by atoms with Crippen LogP contribution < -0.4 is 5.32 Å². The second-order valence-electron chi connectivity index (χ2n) is 4.58. The minimum absolute atomic E-state index is 0.0209. The van der Waals surface area contributed by atoms with Gasteiger partial charge in [-0.3, -0.25) is 4.79 Å². The van der Waals surface area contributed by atoms with Crippen molar-refractivity contribution in [2.24, 2.45) is 0 Å². The monoisotopic (exact) mass is 321 g/mol. The molecule has 1 aliphatic heterocycles. The molecule has 4 nitrogen and oxygen atoms in total. The zero-order valence-electron chi connectivity index (χ0n) is 10.0. The van der Waals surface area contributed by atoms with Gasteiger partial charge >= 0.3 is 0 Å². The van der Waals surface area contributed by atoms with Crippen molar-refractivity contribution in [3.8, 4) is 0 Å². The molecule has 104 valence electrons. The fraction of sp³-hybridized carbons (Fsp3) is 0.417. The molecule has 0 saturated carbocycles. The number of carbonyl (C=O) groups excluding carboxylic acids is 1. The first kappa shape index (κ1) is 14.6. The lowest BCUT2D eigenvalue weighted by atomic mass is 10.1. The quantitative estimate of drug-likeness (QED) is 0.923. The van der Waals surface area contributed by atoms with E-state index >= 15 is 0 Å². The molecule has 1 amide bonds. The molecule has 0 unspecified atom stereocenters. The Hall–Kier alpha value is -0.780. The molecule has 0 spiro atoms. The first-order valence-electron chi connectivity index (χ1n) is 5.79. The first-order valence-corrected chi connectivity index (χ1v) is 8.37. The normalized spacial score (nSPS) is 21.3. The Balaban J connectivity index is 1.95. The van der Waals surface area contributed by atoms with E-state index in [1.54, 1.807) is 18.2 Å². The molecule has 7 heteroatoms. The molecule has 0 aliphatic carbocycles. The Bertz CT molecular complexity index is 601. The third-order valence-electron chi connectivity index (χ3n) is 2.96. The van der Waals surface area contributed by atoms with Crippen LogP contribution >= 0.6 is 23.2 Å². The largest absolute Gasteiger partial charge is 0.352 e. The molecule has 19 heavy (non-hydrogen) atoms. The zero-order valence-corrected chi connectivity index (χ0v) is 12.4. The Labute approximate surface area is 122 Å². The molecule has 1 aromatic carbocycles. The summed E-state index contributed by atoms with van der Waals surface area (Å²) < 4.78 is 22.6. The summed E-state index contributed by atoms with van der Waals surface area (Å²) in [5, 5.41) is 3.66. The van der Waals surface area contributed by atoms with Gasteiger partial charge in [0.15, 0.2) is 9.84 Å². The smallest absolute Gasteiger partial charge is 0.224 e. The number of nitrogens with one attached hydrogen (secondary N) is 1. The number of rotatable bonds is 3. The maximum absolute atomic E-state index is 11.8. The van der Waals surface area contributed by atoms with Gasteiger partial charge in [0.05, 0.1) is 17.9 Å². The molecule has 1 heterocycles. The second kappa shape index (κ2) is 5.69. The van der Waals surface area contributed by atoms with Crippen LogP contribution in [-0.2, 0) is 21.1 Å². The predicted octanol–water partition coefficient (Wildman–Crippen LogP) is 1.84. The Morgan fingerprint density at radius 2 is 2.11 bits per heavy atom. The van der Waals surface area contributed by atoms with Crippen molar-refractivity contribution in [2.45, 2.75) is 18.9 Å². The van der Waals surface area contributed by atoms with Crippen LogP contribution in [0.2, 0.25) is 10.0 Å². The van der Waals surface area contributed by atoms with Crippen molar-refractivity contribution in [1.82, 2.24) is 5.32 Å². The van der Waals surface area contributed by atoms with E-state index in [0.717, 1.165) is 0 Å². The van der Waals surface area contributed by atoms with Crippen molar-refractivity contribution in [3.63, 3.8) is 0 Å². The molecular weight excluding hydrogens is 309 g/mol. The summed E-state index contributed by atoms with van der Waals surface area (Å²) in [5.41, 5.74) is 0.671. The van der Waals surface area contributed by atoms with E-state index in [4.69, 9.17) is 23.2 Å². The number of sulfone groups is 1. The summed E-state index contributed by atoms with van der Waals surface area (Å²) in [5.74, 6) is -0.0708. The summed E-state index contributed by atoms with van der Waals surface area (Å²) in [6.07, 6.45) is 0.592. The van der Waals surface area contributed by atoms with E-state index in [9.17, 15) is 13.2 Å². The van der Waals surface area contributed by atoms with Crippen LogP contribution in [0.15, 0.2) is 18.2 Å². The zero-order chi connectivity index (χ0) is 14.0. The minimum atomic E-state index is -2.99. The van der Waals surface area contributed by atoms with Crippen LogP contribution in [0.25, 0.3) is 0 Å². The van der Waals surface area contributed by atoms with Crippen molar-refractivity contribution in [1.29, 1.82) is 0 Å². The van der Waals surface area contributed by atoms with Gasteiger partial charge in [-0.05, 0) is 24.1 Å². The predicted molar refractivity (Wildman–Crippen MR) is 75.4 cm³/mol. The van der Waals surface area contributed by atoms with E-state index in [1.807, 2.05) is 0 Å². The van der Waals surface area contributed by atoms with Gasteiger partial charge in [0.2, 0.25) is 5.91 Å². The highest BCUT2D eigenvalue weighted by atomic mass is 35.5. The Kier molecular flexibility index (Phi) is 4.38. The summed E-state index contributed by atoms with van der Waals surface area (Å²) in [7, 11) is -2.99. The van der Waals surface area contributed by atoms with Gasteiger partial charge in [0.1, 0.15) is 0 Å². The van der Waals surface area contributed by atoms with Gasteiger partial charge in [0.25, 0.3) is 0 Å². The average molecular weight is 322 g/mol. The lowest BCUT2D eigenvalue weighted by Crippen LogP contribution is -2.36. The third kappa shape index (κ3) is 4.09. The molecule has 1 N–H and O–H groups in total. The molecule has 1 atom stereocenters. The molecule has 2 rings (SSSR count). The van der Waals surface area contributed by atoms with Crippen LogP contribution in [0.4, 0.5) is 0 Å². The molecule has 0 radical (unpaired) electrons. The van der Waals surface area contributed by atoms with Gasteiger partial charge in [-0.2, -0.15) is 0 Å². The molecule has 0 bridgehead atoms. The fourth-order valence-electron chi connectivity index (χ4n) is 2.03. The van der Waals surface area contributed by atoms with E-state index in [0.29, 0.717) is 22.0 Å². The molecule has 1 fully saturated rings. The van der Waals surface area contributed by atoms with Crippen LogP contribution in [0.3, 0.4) is 0 Å². The van der Waals surface area contributed by atoms with Crippen LogP contribution in [0.1, 0.15) is 12.0 Å². The van der Waals surface area contributed by atoms with E-state index in [2.05, 4.69) is 5.32 Å². The number of hydrogen-bond acceptors (Lipinski definition) is 3. The molecule has 1 saturated heterocycles. The lowest BCUT2D eigenvalue weighted by Gasteiger charge is -2.11. The maximum Gasteiger partial charge on any atom is 0.224 e.